The van der Waals surface area contributed by atoms with E-state index < -0.39 is 21.2 Å². The summed E-state index contributed by atoms with van der Waals surface area (Å²) in [7, 11) is 0. The number of rotatable bonds is 3. The molecule has 126 valence electrons. The van der Waals surface area contributed by atoms with Gasteiger partial charge in [0.1, 0.15) is 0 Å². The molecule has 2 aliphatic rings. The Bertz CT molecular complexity index is 724. The lowest BCUT2D eigenvalue weighted by Crippen LogP contribution is -2.48. The van der Waals surface area contributed by atoms with Crippen LogP contribution in [0.25, 0.3) is 0 Å². The van der Waals surface area contributed by atoms with Crippen molar-refractivity contribution in [3.63, 3.8) is 0 Å². The van der Waals surface area contributed by atoms with Crippen LogP contribution in [0.5, 0.6) is 0 Å². The number of nitrogens with one attached hydrogen (secondary N) is 2. The lowest BCUT2D eigenvalue weighted by Gasteiger charge is -2.29. The van der Waals surface area contributed by atoms with Gasteiger partial charge in [-0.25, -0.2) is 4.79 Å². The third-order valence-corrected chi connectivity index (χ3v) is 5.41. The minimum absolute atomic E-state index is 0.109. The molecule has 2 N–H and O–H groups in total. The van der Waals surface area contributed by atoms with E-state index in [2.05, 4.69) is 10.3 Å². The van der Waals surface area contributed by atoms with Gasteiger partial charge in [-0.15, -0.1) is 0 Å². The van der Waals surface area contributed by atoms with Crippen molar-refractivity contribution in [1.29, 1.82) is 0 Å². The second-order valence-corrected chi connectivity index (χ2v) is 8.62. The molecule has 0 aliphatic heterocycles. The molecule has 23 heavy (non-hydrogen) atoms. The van der Waals surface area contributed by atoms with Gasteiger partial charge in [-0.2, -0.15) is 0 Å². The van der Waals surface area contributed by atoms with Crippen LogP contribution < -0.4 is 16.6 Å². The second-order valence-electron chi connectivity index (χ2n) is 6.25. The van der Waals surface area contributed by atoms with E-state index >= 15 is 0 Å². The zero-order valence-electron chi connectivity index (χ0n) is 12.1. The number of hydrogen-bond donors (Lipinski definition) is 2. The fraction of sp³-hybridized carbons (Fsp3) is 0.643. The highest BCUT2D eigenvalue weighted by Crippen LogP contribution is 2.48. The number of hydrogen-bond acceptors (Lipinski definition) is 3. The predicted octanol–water partition coefficient (Wildman–Crippen LogP) is 1.96. The molecule has 9 heteroatoms. The Morgan fingerprint density at radius 1 is 1.30 bits per heavy atom. The average molecular weight is 381 g/mol. The van der Waals surface area contributed by atoms with E-state index in [1.54, 1.807) is 0 Å². The van der Waals surface area contributed by atoms with Gasteiger partial charge in [-0.3, -0.25) is 19.1 Å². The second kappa shape index (κ2) is 6.15. The Kier molecular flexibility index (Phi) is 4.51. The van der Waals surface area contributed by atoms with Crippen molar-refractivity contribution in [2.75, 3.05) is 0 Å². The van der Waals surface area contributed by atoms with Crippen LogP contribution >= 0.6 is 34.8 Å². The normalized spacial score (nSPS) is 27.9. The highest BCUT2D eigenvalue weighted by Gasteiger charge is 2.45. The van der Waals surface area contributed by atoms with E-state index in [-0.39, 0.29) is 11.8 Å². The standard InChI is InChI=1S/C14H16Cl3N3O3/c15-14(16,17)12(20-4-3-10(21)18-13(20)23)19-11(22)9-6-7-1-2-8(9)5-7/h3-4,7-9,12H,1-2,5-6H2,(H,19,22)(H,18,21,23)/t7-,8-,9-,12-/m0/s1. The predicted molar refractivity (Wildman–Crippen MR) is 87.7 cm³/mol. The summed E-state index contributed by atoms with van der Waals surface area (Å²) in [6, 6.07) is 1.13. The van der Waals surface area contributed by atoms with Crippen molar-refractivity contribution in [2.45, 2.75) is 35.6 Å². The number of aromatic amines is 1. The molecule has 3 rings (SSSR count). The summed E-state index contributed by atoms with van der Waals surface area (Å²) in [6.07, 6.45) is 4.12. The molecule has 1 amide bonds. The third-order valence-electron chi connectivity index (χ3n) is 4.79. The van der Waals surface area contributed by atoms with E-state index in [0.29, 0.717) is 11.8 Å². The molecular formula is C14H16Cl3N3O3. The molecule has 1 aromatic heterocycles. The van der Waals surface area contributed by atoms with Gasteiger partial charge in [0.15, 0.2) is 6.17 Å². The highest BCUT2D eigenvalue weighted by atomic mass is 35.6. The molecule has 0 unspecified atom stereocenters. The van der Waals surface area contributed by atoms with Gasteiger partial charge in [0.2, 0.25) is 9.70 Å². The maximum atomic E-state index is 12.6. The molecule has 2 fully saturated rings. The van der Waals surface area contributed by atoms with E-state index in [0.717, 1.165) is 29.9 Å². The molecular weight excluding hydrogens is 365 g/mol. The van der Waals surface area contributed by atoms with Crippen molar-refractivity contribution < 1.29 is 4.79 Å². The van der Waals surface area contributed by atoms with E-state index in [1.807, 2.05) is 0 Å². The number of carbonyl (C=O) groups excluding carboxylic acids is 1. The van der Waals surface area contributed by atoms with E-state index in [1.165, 1.54) is 12.6 Å². The minimum atomic E-state index is -1.94. The molecule has 0 aromatic carbocycles. The minimum Gasteiger partial charge on any atom is -0.332 e. The maximum absolute atomic E-state index is 12.6. The number of alkyl halides is 3. The lowest BCUT2D eigenvalue weighted by molar-refractivity contribution is -0.127. The third kappa shape index (κ3) is 3.44. The number of fused-ring (bicyclic) bond motifs is 2. The quantitative estimate of drug-likeness (QED) is 0.786. The summed E-state index contributed by atoms with van der Waals surface area (Å²) < 4.78 is -0.922. The molecule has 4 atom stereocenters. The number of aromatic nitrogens is 2. The van der Waals surface area contributed by atoms with E-state index in [9.17, 15) is 14.4 Å². The molecule has 0 saturated heterocycles. The molecule has 2 bridgehead atoms. The number of carbonyl (C=O) groups is 1. The summed E-state index contributed by atoms with van der Waals surface area (Å²) in [5.41, 5.74) is -1.31. The van der Waals surface area contributed by atoms with Gasteiger partial charge in [0, 0.05) is 18.2 Å². The first kappa shape index (κ1) is 16.9. The monoisotopic (exact) mass is 379 g/mol. The van der Waals surface area contributed by atoms with Crippen LogP contribution in [0.4, 0.5) is 0 Å². The summed E-state index contributed by atoms with van der Waals surface area (Å²) in [5, 5.41) is 2.67. The van der Waals surface area contributed by atoms with Crippen LogP contribution in [-0.2, 0) is 4.79 Å². The topological polar surface area (TPSA) is 84.0 Å². The first-order valence-corrected chi connectivity index (χ1v) is 8.57. The Hall–Kier alpha value is -0.980. The Morgan fingerprint density at radius 2 is 2.04 bits per heavy atom. The zero-order valence-corrected chi connectivity index (χ0v) is 14.4. The largest absolute Gasteiger partial charge is 0.332 e. The lowest BCUT2D eigenvalue weighted by atomic mass is 9.88. The number of H-pyrrole nitrogens is 1. The molecule has 1 heterocycles. The van der Waals surface area contributed by atoms with Crippen molar-refractivity contribution in [1.82, 2.24) is 14.9 Å². The van der Waals surface area contributed by atoms with E-state index in [4.69, 9.17) is 34.8 Å². The fourth-order valence-electron chi connectivity index (χ4n) is 3.75. The van der Waals surface area contributed by atoms with Crippen molar-refractivity contribution in [3.05, 3.63) is 33.1 Å². The highest BCUT2D eigenvalue weighted by molar-refractivity contribution is 6.67. The van der Waals surface area contributed by atoms with Gasteiger partial charge in [0.05, 0.1) is 0 Å². The maximum Gasteiger partial charge on any atom is 0.330 e. The van der Waals surface area contributed by atoms with Gasteiger partial charge in [0.25, 0.3) is 5.56 Å². The van der Waals surface area contributed by atoms with Crippen molar-refractivity contribution in [3.8, 4) is 0 Å². The summed E-state index contributed by atoms with van der Waals surface area (Å²) >= 11 is 17.8. The summed E-state index contributed by atoms with van der Waals surface area (Å²) in [4.78, 5) is 37.8. The molecule has 2 aliphatic carbocycles. The van der Waals surface area contributed by atoms with Crippen LogP contribution in [0.2, 0.25) is 0 Å². The fourth-order valence-corrected chi connectivity index (χ4v) is 4.23. The Morgan fingerprint density at radius 3 is 2.57 bits per heavy atom. The first-order chi connectivity index (χ1) is 10.8. The Balaban J connectivity index is 1.84. The molecule has 0 radical (unpaired) electrons. The number of nitrogens with zero attached hydrogens (tertiary/aromatic N) is 1. The molecule has 0 spiro atoms. The van der Waals surface area contributed by atoms with Crippen LogP contribution in [-0.4, -0.2) is 19.3 Å². The van der Waals surface area contributed by atoms with Crippen LogP contribution in [0.3, 0.4) is 0 Å². The van der Waals surface area contributed by atoms with Crippen molar-refractivity contribution >= 4 is 40.7 Å². The van der Waals surface area contributed by atoms with Gasteiger partial charge >= 0.3 is 5.69 Å². The van der Waals surface area contributed by atoms with Crippen LogP contribution in [0.15, 0.2) is 21.9 Å². The first-order valence-electron chi connectivity index (χ1n) is 7.44. The van der Waals surface area contributed by atoms with Gasteiger partial charge < -0.3 is 5.32 Å². The summed E-state index contributed by atoms with van der Waals surface area (Å²) in [6.45, 7) is 0. The Labute approximate surface area is 147 Å². The number of halogens is 3. The SMILES string of the molecule is O=C(N[C@@H](n1ccc(=O)[nH]c1=O)C(Cl)(Cl)Cl)[C@H]1C[C@H]2CC[C@H]1C2. The van der Waals surface area contributed by atoms with Crippen LogP contribution in [0, 0.1) is 17.8 Å². The summed E-state index contributed by atoms with van der Waals surface area (Å²) in [5.74, 6) is 0.634. The van der Waals surface area contributed by atoms with Gasteiger partial charge in [-0.05, 0) is 31.1 Å². The number of amides is 1. The molecule has 6 nitrogen and oxygen atoms in total. The zero-order chi connectivity index (χ0) is 16.8. The van der Waals surface area contributed by atoms with Gasteiger partial charge in [-0.1, -0.05) is 41.2 Å². The molecule has 1 aromatic rings. The smallest absolute Gasteiger partial charge is 0.330 e. The molecule has 2 saturated carbocycles. The van der Waals surface area contributed by atoms with Crippen LogP contribution in [0.1, 0.15) is 31.8 Å². The average Bonchev–Trinajstić information content (AvgIpc) is 3.06. The van der Waals surface area contributed by atoms with Crippen molar-refractivity contribution in [2.24, 2.45) is 17.8 Å².